The quantitative estimate of drug-likeness (QED) is 0.332. The monoisotopic (exact) mass is 487 g/mol. The van der Waals surface area contributed by atoms with E-state index in [1.54, 1.807) is 19.1 Å². The molecule has 0 N–H and O–H groups in total. The largest absolute Gasteiger partial charge is 0.573 e. The lowest BCUT2D eigenvalue weighted by Crippen LogP contribution is -2.39. The Morgan fingerprint density at radius 3 is 2.57 bits per heavy atom. The van der Waals surface area contributed by atoms with Gasteiger partial charge in [0, 0.05) is 11.6 Å². The maximum absolute atomic E-state index is 12.4. The molecule has 0 fully saturated rings. The highest BCUT2D eigenvalue weighted by Crippen LogP contribution is 2.35. The molecule has 0 bridgehead atoms. The number of carbonyl (C=O) groups is 1. The van der Waals surface area contributed by atoms with Crippen molar-refractivity contribution in [3.05, 3.63) is 62.1 Å². The van der Waals surface area contributed by atoms with E-state index < -0.39 is 23.2 Å². The number of hydrogen-bond donors (Lipinski definition) is 0. The van der Waals surface area contributed by atoms with Crippen molar-refractivity contribution in [1.82, 2.24) is 5.01 Å². The lowest BCUT2D eigenvalue weighted by molar-refractivity contribution is -0.385. The highest BCUT2D eigenvalue weighted by atomic mass is 79.9. The summed E-state index contributed by atoms with van der Waals surface area (Å²) in [6, 6.07) is 8.23. The first-order valence-electron chi connectivity index (χ1n) is 8.31. The van der Waals surface area contributed by atoms with Crippen molar-refractivity contribution in [3.8, 4) is 5.75 Å². The van der Waals surface area contributed by atoms with Crippen molar-refractivity contribution in [2.45, 2.75) is 26.0 Å². The molecule has 0 aromatic heterocycles. The smallest absolute Gasteiger partial charge is 0.405 e. The number of aryl methyl sites for hydroxylation is 1. The number of halogens is 4. The lowest BCUT2D eigenvalue weighted by Gasteiger charge is -2.24. The van der Waals surface area contributed by atoms with Crippen LogP contribution in [-0.4, -0.2) is 28.7 Å². The van der Waals surface area contributed by atoms with Gasteiger partial charge in [0.1, 0.15) is 5.75 Å². The molecule has 0 saturated heterocycles. The summed E-state index contributed by atoms with van der Waals surface area (Å²) in [6.07, 6.45) is -5.23. The molecule has 1 unspecified atom stereocenters. The molecule has 2 aromatic carbocycles. The Morgan fingerprint density at radius 2 is 2.00 bits per heavy atom. The van der Waals surface area contributed by atoms with E-state index in [4.69, 9.17) is 0 Å². The van der Waals surface area contributed by atoms with Crippen LogP contribution >= 0.6 is 15.9 Å². The van der Waals surface area contributed by atoms with E-state index in [-0.39, 0.29) is 16.7 Å². The van der Waals surface area contributed by atoms with Crippen LogP contribution in [0.4, 0.5) is 24.5 Å². The average molecular weight is 488 g/mol. The number of aldehydes is 1. The van der Waals surface area contributed by atoms with Crippen molar-refractivity contribution < 1.29 is 27.6 Å². The minimum atomic E-state index is -4.84. The van der Waals surface area contributed by atoms with Crippen molar-refractivity contribution in [1.29, 1.82) is 0 Å². The molecule has 0 radical (unpaired) electrons. The van der Waals surface area contributed by atoms with E-state index in [2.05, 4.69) is 31.1 Å². The molecule has 2 aromatic rings. The van der Waals surface area contributed by atoms with Crippen LogP contribution in [0, 0.1) is 17.0 Å². The summed E-state index contributed by atoms with van der Waals surface area (Å²) >= 11 is 3.00. The molecule has 1 aliphatic heterocycles. The molecule has 0 amide bonds. The van der Waals surface area contributed by atoms with E-state index >= 15 is 0 Å². The lowest BCUT2D eigenvalue weighted by atomic mass is 10.1. The van der Waals surface area contributed by atoms with Gasteiger partial charge in [0.25, 0.3) is 5.69 Å². The van der Waals surface area contributed by atoms with Gasteiger partial charge in [-0.1, -0.05) is 11.3 Å². The molecular formula is C17H13BrF3N5O4. The number of nitro benzene ring substituents is 1. The summed E-state index contributed by atoms with van der Waals surface area (Å²) in [5.74, 6) is -0.441. The minimum Gasteiger partial charge on any atom is -0.405 e. The van der Waals surface area contributed by atoms with Crippen LogP contribution in [-0.2, 0) is 11.3 Å². The molecule has 158 valence electrons. The summed E-state index contributed by atoms with van der Waals surface area (Å²) < 4.78 is 41.2. The summed E-state index contributed by atoms with van der Waals surface area (Å²) in [4.78, 5) is 22.1. The highest BCUT2D eigenvalue weighted by molar-refractivity contribution is 9.10. The Labute approximate surface area is 176 Å². The Kier molecular flexibility index (Phi) is 5.92. The number of benzene rings is 2. The third kappa shape index (κ3) is 4.67. The first-order valence-corrected chi connectivity index (χ1v) is 9.10. The van der Waals surface area contributed by atoms with Gasteiger partial charge < -0.3 is 4.74 Å². The molecule has 1 aliphatic rings. The summed E-state index contributed by atoms with van der Waals surface area (Å²) in [6.45, 7) is 1.73. The van der Waals surface area contributed by atoms with Gasteiger partial charge in [-0.3, -0.25) is 14.9 Å². The third-order valence-electron chi connectivity index (χ3n) is 4.14. The van der Waals surface area contributed by atoms with E-state index in [0.717, 1.165) is 6.07 Å². The topological polar surface area (TPSA) is 101 Å². The summed E-state index contributed by atoms with van der Waals surface area (Å²) in [5, 5.41) is 21.4. The molecule has 1 atom stereocenters. The third-order valence-corrected chi connectivity index (χ3v) is 4.76. The maximum Gasteiger partial charge on any atom is 0.573 e. The van der Waals surface area contributed by atoms with E-state index in [9.17, 15) is 28.1 Å². The number of rotatable bonds is 6. The van der Waals surface area contributed by atoms with Crippen LogP contribution in [0.1, 0.15) is 11.1 Å². The number of carbonyl (C=O) groups excluding carboxylic acids is 1. The zero-order valence-electron chi connectivity index (χ0n) is 15.2. The van der Waals surface area contributed by atoms with E-state index in [1.807, 2.05) is 0 Å². The van der Waals surface area contributed by atoms with Crippen LogP contribution in [0.2, 0.25) is 0 Å². The van der Waals surface area contributed by atoms with Gasteiger partial charge in [-0.25, -0.2) is 10.0 Å². The number of alkyl halides is 3. The van der Waals surface area contributed by atoms with Gasteiger partial charge in [-0.05, 0) is 57.9 Å². The fourth-order valence-corrected chi connectivity index (χ4v) is 3.28. The number of ether oxygens (including phenoxy) is 1. The van der Waals surface area contributed by atoms with Crippen molar-refractivity contribution in [2.75, 3.05) is 5.01 Å². The highest BCUT2D eigenvalue weighted by Gasteiger charge is 2.34. The average Bonchev–Trinajstić information content (AvgIpc) is 3.04. The maximum atomic E-state index is 12.4. The SMILES string of the molecule is Cc1cc(CN2N=NN(c3ccc(OC(F)(F)F)c(Br)c3)C2C=O)ccc1[N+](=O)[O-]. The minimum absolute atomic E-state index is 0.0154. The van der Waals surface area contributed by atoms with E-state index in [0.29, 0.717) is 23.1 Å². The predicted octanol–water partition coefficient (Wildman–Crippen LogP) is 4.69. The van der Waals surface area contributed by atoms with Crippen molar-refractivity contribution in [3.63, 3.8) is 0 Å². The first-order chi connectivity index (χ1) is 14.1. The zero-order valence-corrected chi connectivity index (χ0v) is 16.8. The number of anilines is 1. The van der Waals surface area contributed by atoms with Gasteiger partial charge in [0.2, 0.25) is 0 Å². The zero-order chi connectivity index (χ0) is 22.1. The molecule has 30 heavy (non-hydrogen) atoms. The normalized spacial score (nSPS) is 16.1. The van der Waals surface area contributed by atoms with Crippen molar-refractivity contribution in [2.24, 2.45) is 10.4 Å². The van der Waals surface area contributed by atoms with E-state index in [1.165, 1.54) is 28.2 Å². The molecule has 13 heteroatoms. The molecule has 0 aliphatic carbocycles. The number of nitro groups is 1. The van der Waals surface area contributed by atoms with Crippen LogP contribution in [0.15, 0.2) is 51.3 Å². The predicted molar refractivity (Wildman–Crippen MR) is 101 cm³/mol. The number of nitrogens with zero attached hydrogens (tertiary/aromatic N) is 5. The molecule has 9 nitrogen and oxygen atoms in total. The van der Waals surface area contributed by atoms with Gasteiger partial charge >= 0.3 is 6.36 Å². The van der Waals surface area contributed by atoms with Gasteiger partial charge in [-0.2, -0.15) is 0 Å². The second-order valence-electron chi connectivity index (χ2n) is 6.21. The van der Waals surface area contributed by atoms with Crippen LogP contribution in [0.3, 0.4) is 0 Å². The summed E-state index contributed by atoms with van der Waals surface area (Å²) in [7, 11) is 0. The first kappa shape index (κ1) is 21.5. The Hall–Kier alpha value is -3.22. The Morgan fingerprint density at radius 1 is 1.27 bits per heavy atom. The second-order valence-corrected chi connectivity index (χ2v) is 7.07. The standard InChI is InChI=1S/C17H13BrF3N5O4/c1-10-6-11(2-4-14(10)26(28)29)8-24-16(9-27)25(23-22-24)12-3-5-15(13(18)7-12)30-17(19,20)21/h2-7,9,16H,8H2,1H3. The fraction of sp³-hybridized carbons (Fsp3) is 0.235. The Bertz CT molecular complexity index is 1020. The fourth-order valence-electron chi connectivity index (χ4n) is 2.83. The molecule has 0 saturated carbocycles. The molecular weight excluding hydrogens is 475 g/mol. The molecule has 1 heterocycles. The summed E-state index contributed by atoms with van der Waals surface area (Å²) in [5.41, 5.74) is 1.40. The van der Waals surface area contributed by atoms with Crippen LogP contribution in [0.25, 0.3) is 0 Å². The second kappa shape index (κ2) is 8.26. The molecule has 0 spiro atoms. The molecule has 3 rings (SSSR count). The van der Waals surface area contributed by atoms with Crippen LogP contribution in [0.5, 0.6) is 5.75 Å². The van der Waals surface area contributed by atoms with Gasteiger partial charge in [-0.15, -0.1) is 13.2 Å². The van der Waals surface area contributed by atoms with Gasteiger partial charge in [0.05, 0.1) is 21.6 Å². The Balaban J connectivity index is 1.78. The van der Waals surface area contributed by atoms with Crippen LogP contribution < -0.4 is 9.75 Å². The van der Waals surface area contributed by atoms with Gasteiger partial charge in [0.15, 0.2) is 12.5 Å². The van der Waals surface area contributed by atoms with Crippen molar-refractivity contribution >= 4 is 33.6 Å². The number of hydrogen-bond acceptors (Lipinski definition) is 8.